The molecule has 0 spiro atoms. The Balaban J connectivity index is 2.05. The Morgan fingerprint density at radius 2 is 2.00 bits per heavy atom. The lowest BCUT2D eigenvalue weighted by Gasteiger charge is -2.02. The zero-order valence-corrected chi connectivity index (χ0v) is 11.5. The highest BCUT2D eigenvalue weighted by Crippen LogP contribution is 2.19. The summed E-state index contributed by atoms with van der Waals surface area (Å²) in [5.41, 5.74) is 2.14. The van der Waals surface area contributed by atoms with Crippen LogP contribution in [0.4, 0.5) is 0 Å². The van der Waals surface area contributed by atoms with Crippen LogP contribution in [0.1, 0.15) is 22.0 Å². The van der Waals surface area contributed by atoms with Crippen LogP contribution in [0.15, 0.2) is 30.3 Å². The van der Waals surface area contributed by atoms with Crippen molar-refractivity contribution in [2.45, 2.75) is 13.3 Å². The zero-order valence-electron chi connectivity index (χ0n) is 10.7. The molecule has 1 aromatic carbocycles. The van der Waals surface area contributed by atoms with Gasteiger partial charge in [-0.05, 0) is 12.5 Å². The van der Waals surface area contributed by atoms with Crippen LogP contribution in [-0.4, -0.2) is 25.2 Å². The number of aromatic nitrogens is 5. The van der Waals surface area contributed by atoms with E-state index in [-0.39, 0.29) is 0 Å². The topological polar surface area (TPSA) is 80.3 Å². The first-order chi connectivity index (χ1) is 9.78. The van der Waals surface area contributed by atoms with E-state index in [0.29, 0.717) is 17.2 Å². The molecule has 20 heavy (non-hydrogen) atoms. The fourth-order valence-electron chi connectivity index (χ4n) is 1.86. The van der Waals surface area contributed by atoms with Gasteiger partial charge in [0, 0.05) is 6.42 Å². The lowest BCUT2D eigenvalue weighted by Crippen LogP contribution is -2.04. The number of aryl methyl sites for hydroxylation is 1. The summed E-state index contributed by atoms with van der Waals surface area (Å²) in [7, 11) is 0. The molecule has 6 nitrogen and oxygen atoms in total. The SMILES string of the molecule is Cc1nnc(-n2nnc(C#N)c2Cc2ccccc2)s1. The van der Waals surface area contributed by atoms with Gasteiger partial charge in [0.05, 0.1) is 5.69 Å². The van der Waals surface area contributed by atoms with Gasteiger partial charge in [-0.2, -0.15) is 9.94 Å². The third kappa shape index (κ3) is 2.29. The molecule has 3 rings (SSSR count). The molecule has 0 N–H and O–H groups in total. The maximum absolute atomic E-state index is 9.16. The first-order valence-corrected chi connectivity index (χ1v) is 6.78. The average molecular weight is 282 g/mol. The van der Waals surface area contributed by atoms with Crippen molar-refractivity contribution in [2.75, 3.05) is 0 Å². The van der Waals surface area contributed by atoms with Crippen LogP contribution in [0, 0.1) is 18.3 Å². The molecule has 0 amide bonds. The maximum Gasteiger partial charge on any atom is 0.234 e. The predicted octanol–water partition coefficient (Wildman–Crippen LogP) is 1.89. The Hall–Kier alpha value is -2.59. The van der Waals surface area contributed by atoms with Gasteiger partial charge in [0.2, 0.25) is 5.13 Å². The second-order valence-electron chi connectivity index (χ2n) is 4.17. The minimum Gasteiger partial charge on any atom is -0.191 e. The Bertz CT molecular complexity index is 768. The molecule has 2 heterocycles. The largest absolute Gasteiger partial charge is 0.234 e. The van der Waals surface area contributed by atoms with Gasteiger partial charge in [0.15, 0.2) is 5.69 Å². The predicted molar refractivity (Wildman–Crippen MR) is 73.5 cm³/mol. The summed E-state index contributed by atoms with van der Waals surface area (Å²) in [5, 5.41) is 26.6. The third-order valence-corrected chi connectivity index (χ3v) is 3.59. The van der Waals surface area contributed by atoms with Gasteiger partial charge < -0.3 is 0 Å². The van der Waals surface area contributed by atoms with Gasteiger partial charge in [0.1, 0.15) is 11.1 Å². The van der Waals surface area contributed by atoms with E-state index >= 15 is 0 Å². The van der Waals surface area contributed by atoms with Crippen LogP contribution < -0.4 is 0 Å². The van der Waals surface area contributed by atoms with E-state index < -0.39 is 0 Å². The minimum atomic E-state index is 0.321. The lowest BCUT2D eigenvalue weighted by molar-refractivity contribution is 0.755. The average Bonchev–Trinajstić information content (AvgIpc) is 3.06. The summed E-state index contributed by atoms with van der Waals surface area (Å²) in [4.78, 5) is 0. The van der Waals surface area contributed by atoms with Gasteiger partial charge >= 0.3 is 0 Å². The molecule has 7 heteroatoms. The number of nitriles is 1. The molecule has 0 bridgehead atoms. The highest BCUT2D eigenvalue weighted by atomic mass is 32.1. The summed E-state index contributed by atoms with van der Waals surface area (Å²) >= 11 is 1.42. The smallest absolute Gasteiger partial charge is 0.191 e. The number of benzene rings is 1. The highest BCUT2D eigenvalue weighted by molar-refractivity contribution is 7.13. The van der Waals surface area contributed by atoms with Crippen molar-refractivity contribution in [3.05, 3.63) is 52.3 Å². The van der Waals surface area contributed by atoms with Crippen LogP contribution in [0.2, 0.25) is 0 Å². The standard InChI is InChI=1S/C13H10N6S/c1-9-15-17-13(20-9)19-12(11(8-14)16-18-19)7-10-5-3-2-4-6-10/h2-6H,7H2,1H3. The Labute approximate surface area is 119 Å². The molecule has 0 unspecified atom stereocenters. The molecule has 0 fully saturated rings. The van der Waals surface area contributed by atoms with Crippen LogP contribution in [0.3, 0.4) is 0 Å². The van der Waals surface area contributed by atoms with Crippen molar-refractivity contribution in [1.82, 2.24) is 25.2 Å². The maximum atomic E-state index is 9.16. The van der Waals surface area contributed by atoms with Gasteiger partial charge in [0.25, 0.3) is 0 Å². The van der Waals surface area contributed by atoms with E-state index in [2.05, 4.69) is 26.6 Å². The molecular weight excluding hydrogens is 272 g/mol. The van der Waals surface area contributed by atoms with Crippen LogP contribution in [-0.2, 0) is 6.42 Å². The molecule has 3 aromatic rings. The quantitative estimate of drug-likeness (QED) is 0.732. The molecule has 98 valence electrons. The molecular formula is C13H10N6S. The van der Waals surface area contributed by atoms with Crippen molar-refractivity contribution in [2.24, 2.45) is 0 Å². The van der Waals surface area contributed by atoms with Gasteiger partial charge in [-0.25, -0.2) is 0 Å². The summed E-state index contributed by atoms with van der Waals surface area (Å²) in [5.74, 6) is 0. The molecule has 0 aliphatic heterocycles. The van der Waals surface area contributed by atoms with Crippen molar-refractivity contribution in [3.8, 4) is 11.2 Å². The summed E-state index contributed by atoms with van der Waals surface area (Å²) in [6.45, 7) is 1.88. The van der Waals surface area contributed by atoms with Crippen molar-refractivity contribution >= 4 is 11.3 Å². The van der Waals surface area contributed by atoms with Gasteiger partial charge in [-0.1, -0.05) is 46.9 Å². The first kappa shape index (κ1) is 12.4. The van der Waals surface area contributed by atoms with Crippen molar-refractivity contribution in [1.29, 1.82) is 5.26 Å². The van der Waals surface area contributed by atoms with Gasteiger partial charge in [-0.15, -0.1) is 15.3 Å². The molecule has 0 atom stereocenters. The molecule has 0 saturated carbocycles. The monoisotopic (exact) mass is 282 g/mol. The van der Waals surface area contributed by atoms with E-state index in [0.717, 1.165) is 16.3 Å². The first-order valence-electron chi connectivity index (χ1n) is 5.97. The number of hydrogen-bond acceptors (Lipinski definition) is 6. The van der Waals surface area contributed by atoms with Crippen LogP contribution >= 0.6 is 11.3 Å². The van der Waals surface area contributed by atoms with Crippen molar-refractivity contribution < 1.29 is 0 Å². The van der Waals surface area contributed by atoms with Gasteiger partial charge in [-0.3, -0.25) is 0 Å². The number of hydrogen-bond donors (Lipinski definition) is 0. The summed E-state index contributed by atoms with van der Waals surface area (Å²) in [6.07, 6.45) is 0.579. The minimum absolute atomic E-state index is 0.321. The molecule has 2 aromatic heterocycles. The normalized spacial score (nSPS) is 10.4. The van der Waals surface area contributed by atoms with E-state index in [1.807, 2.05) is 37.3 Å². The Morgan fingerprint density at radius 1 is 1.20 bits per heavy atom. The second kappa shape index (κ2) is 5.19. The van der Waals surface area contributed by atoms with Crippen molar-refractivity contribution in [3.63, 3.8) is 0 Å². The fourth-order valence-corrected chi connectivity index (χ4v) is 2.52. The van der Waals surface area contributed by atoms with E-state index in [9.17, 15) is 0 Å². The number of nitrogens with zero attached hydrogens (tertiary/aromatic N) is 6. The number of rotatable bonds is 3. The lowest BCUT2D eigenvalue weighted by atomic mass is 10.1. The van der Waals surface area contributed by atoms with E-state index in [1.165, 1.54) is 11.3 Å². The van der Waals surface area contributed by atoms with E-state index in [1.54, 1.807) is 4.68 Å². The van der Waals surface area contributed by atoms with Crippen LogP contribution in [0.5, 0.6) is 0 Å². The fraction of sp³-hybridized carbons (Fsp3) is 0.154. The highest BCUT2D eigenvalue weighted by Gasteiger charge is 2.17. The Kier molecular flexibility index (Phi) is 3.23. The van der Waals surface area contributed by atoms with E-state index in [4.69, 9.17) is 5.26 Å². The molecule has 0 aliphatic rings. The summed E-state index contributed by atoms with van der Waals surface area (Å²) in [6, 6.07) is 12.0. The molecule has 0 aliphatic carbocycles. The second-order valence-corrected chi connectivity index (χ2v) is 5.33. The molecule has 0 radical (unpaired) electrons. The zero-order chi connectivity index (χ0) is 13.9. The Morgan fingerprint density at radius 3 is 2.65 bits per heavy atom. The van der Waals surface area contributed by atoms with Crippen LogP contribution in [0.25, 0.3) is 5.13 Å². The summed E-state index contributed by atoms with van der Waals surface area (Å²) < 4.78 is 1.59. The third-order valence-electron chi connectivity index (χ3n) is 2.78. The molecule has 0 saturated heterocycles.